The summed E-state index contributed by atoms with van der Waals surface area (Å²) < 4.78 is 0. The van der Waals surface area contributed by atoms with Gasteiger partial charge < -0.3 is 20.0 Å². The third-order valence-electron chi connectivity index (χ3n) is 4.19. The maximum Gasteiger partial charge on any atom is 0.269 e. The molecule has 1 aliphatic rings. The van der Waals surface area contributed by atoms with E-state index in [2.05, 4.69) is 22.1 Å². The van der Waals surface area contributed by atoms with E-state index in [1.165, 1.54) is 6.20 Å². The van der Waals surface area contributed by atoms with E-state index in [0.717, 1.165) is 39.3 Å². The van der Waals surface area contributed by atoms with Crippen molar-refractivity contribution in [3.05, 3.63) is 29.6 Å². The Morgan fingerprint density at radius 3 is 2.58 bits per heavy atom. The van der Waals surface area contributed by atoms with E-state index in [1.807, 2.05) is 23.9 Å². The number of piperazine rings is 1. The molecule has 0 saturated carbocycles. The van der Waals surface area contributed by atoms with Crippen molar-refractivity contribution in [3.63, 3.8) is 0 Å². The fourth-order valence-corrected chi connectivity index (χ4v) is 2.62. The normalized spacial score (nSPS) is 15.6. The van der Waals surface area contributed by atoms with Crippen molar-refractivity contribution < 1.29 is 9.59 Å². The highest BCUT2D eigenvalue weighted by molar-refractivity contribution is 5.98. The van der Waals surface area contributed by atoms with Crippen LogP contribution in [0.4, 0.5) is 0 Å². The first-order chi connectivity index (χ1) is 11.5. The second-order valence-electron chi connectivity index (χ2n) is 6.22. The molecule has 0 atom stereocenters. The number of hydrogen-bond acceptors (Lipinski definition) is 5. The van der Waals surface area contributed by atoms with Gasteiger partial charge >= 0.3 is 0 Å². The van der Waals surface area contributed by atoms with Gasteiger partial charge in [0.1, 0.15) is 5.69 Å². The van der Waals surface area contributed by atoms with Gasteiger partial charge in [-0.05, 0) is 32.8 Å². The highest BCUT2D eigenvalue weighted by Crippen LogP contribution is 2.09. The quantitative estimate of drug-likeness (QED) is 0.803. The molecule has 0 aromatic carbocycles. The summed E-state index contributed by atoms with van der Waals surface area (Å²) in [5.41, 5.74) is 0.805. The average Bonchev–Trinajstić information content (AvgIpc) is 2.61. The standard InChI is InChI=1S/C17H27N5O2/c1-4-21-9-11-22(12-10-21)17(24)14-5-6-18-15(13-14)16(23)19-7-8-20(2)3/h5-6,13H,4,7-12H2,1-3H3,(H,19,23). The molecule has 1 aromatic rings. The molecule has 1 aliphatic heterocycles. The van der Waals surface area contributed by atoms with Gasteiger partial charge in [0.15, 0.2) is 0 Å². The van der Waals surface area contributed by atoms with Gasteiger partial charge in [-0.25, -0.2) is 0 Å². The minimum atomic E-state index is -0.248. The summed E-state index contributed by atoms with van der Waals surface area (Å²) in [6.45, 7) is 7.67. The molecular weight excluding hydrogens is 306 g/mol. The Labute approximate surface area is 143 Å². The van der Waals surface area contributed by atoms with Crippen LogP contribution in [-0.4, -0.2) is 91.4 Å². The number of rotatable bonds is 6. The van der Waals surface area contributed by atoms with Crippen molar-refractivity contribution >= 4 is 11.8 Å². The number of nitrogens with zero attached hydrogens (tertiary/aromatic N) is 4. The first-order valence-corrected chi connectivity index (χ1v) is 8.42. The molecule has 132 valence electrons. The van der Waals surface area contributed by atoms with E-state index in [1.54, 1.807) is 12.1 Å². The Balaban J connectivity index is 1.96. The number of pyridine rings is 1. The predicted molar refractivity (Wildman–Crippen MR) is 93.1 cm³/mol. The first kappa shape index (κ1) is 18.4. The molecule has 24 heavy (non-hydrogen) atoms. The van der Waals surface area contributed by atoms with Crippen molar-refractivity contribution in [2.24, 2.45) is 0 Å². The molecule has 1 N–H and O–H groups in total. The maximum atomic E-state index is 12.6. The van der Waals surface area contributed by atoms with E-state index in [-0.39, 0.29) is 17.5 Å². The van der Waals surface area contributed by atoms with Crippen LogP contribution in [0.15, 0.2) is 18.3 Å². The highest BCUT2D eigenvalue weighted by Gasteiger charge is 2.22. The van der Waals surface area contributed by atoms with Crippen LogP contribution >= 0.6 is 0 Å². The van der Waals surface area contributed by atoms with E-state index >= 15 is 0 Å². The summed E-state index contributed by atoms with van der Waals surface area (Å²) in [5.74, 6) is -0.280. The lowest BCUT2D eigenvalue weighted by Crippen LogP contribution is -2.48. The first-order valence-electron chi connectivity index (χ1n) is 8.42. The molecule has 7 heteroatoms. The molecule has 1 saturated heterocycles. The van der Waals surface area contributed by atoms with Crippen molar-refractivity contribution in [2.45, 2.75) is 6.92 Å². The molecule has 0 bridgehead atoms. The van der Waals surface area contributed by atoms with E-state index in [0.29, 0.717) is 12.1 Å². The zero-order valence-electron chi connectivity index (χ0n) is 14.8. The van der Waals surface area contributed by atoms with Crippen molar-refractivity contribution in [1.29, 1.82) is 0 Å². The molecule has 2 rings (SSSR count). The van der Waals surface area contributed by atoms with Gasteiger partial charge in [0.05, 0.1) is 0 Å². The van der Waals surface area contributed by atoms with Crippen LogP contribution in [-0.2, 0) is 0 Å². The Bertz CT molecular complexity index is 568. The third kappa shape index (κ3) is 5.01. The maximum absolute atomic E-state index is 12.6. The van der Waals surface area contributed by atoms with Gasteiger partial charge in [-0.3, -0.25) is 14.6 Å². The summed E-state index contributed by atoms with van der Waals surface area (Å²) in [6, 6.07) is 3.25. The number of hydrogen-bond donors (Lipinski definition) is 1. The van der Waals surface area contributed by atoms with E-state index in [9.17, 15) is 9.59 Å². The van der Waals surface area contributed by atoms with Crippen LogP contribution in [0.3, 0.4) is 0 Å². The van der Waals surface area contributed by atoms with Gasteiger partial charge in [0.2, 0.25) is 0 Å². The molecule has 7 nitrogen and oxygen atoms in total. The Morgan fingerprint density at radius 1 is 1.25 bits per heavy atom. The zero-order valence-corrected chi connectivity index (χ0v) is 14.8. The van der Waals surface area contributed by atoms with Crippen molar-refractivity contribution in [2.75, 3.05) is 59.9 Å². The lowest BCUT2D eigenvalue weighted by atomic mass is 10.1. The number of likely N-dealkylation sites (N-methyl/N-ethyl adjacent to an activating group) is 2. The highest BCUT2D eigenvalue weighted by atomic mass is 16.2. The Hall–Kier alpha value is -1.99. The number of aromatic nitrogens is 1. The topological polar surface area (TPSA) is 68.8 Å². The molecule has 1 aromatic heterocycles. The molecule has 1 fully saturated rings. The monoisotopic (exact) mass is 333 g/mol. The molecular formula is C17H27N5O2. The fourth-order valence-electron chi connectivity index (χ4n) is 2.62. The summed E-state index contributed by atoms with van der Waals surface area (Å²) in [7, 11) is 3.89. The molecule has 2 heterocycles. The predicted octanol–water partition coefficient (Wildman–Crippen LogP) is 0.151. The van der Waals surface area contributed by atoms with Crippen LogP contribution in [0, 0.1) is 0 Å². The summed E-state index contributed by atoms with van der Waals surface area (Å²) in [4.78, 5) is 35.0. The molecule has 0 aliphatic carbocycles. The lowest BCUT2D eigenvalue weighted by Gasteiger charge is -2.34. The third-order valence-corrected chi connectivity index (χ3v) is 4.19. The molecule has 0 unspecified atom stereocenters. The summed E-state index contributed by atoms with van der Waals surface area (Å²) in [6.07, 6.45) is 1.52. The van der Waals surface area contributed by atoms with Gasteiger partial charge in [-0.1, -0.05) is 6.92 Å². The van der Waals surface area contributed by atoms with Crippen LogP contribution < -0.4 is 5.32 Å². The minimum Gasteiger partial charge on any atom is -0.349 e. The smallest absolute Gasteiger partial charge is 0.269 e. The lowest BCUT2D eigenvalue weighted by molar-refractivity contribution is 0.0643. The summed E-state index contributed by atoms with van der Waals surface area (Å²) in [5, 5.41) is 2.81. The van der Waals surface area contributed by atoms with Gasteiger partial charge in [0.25, 0.3) is 11.8 Å². The second kappa shape index (κ2) is 8.75. The van der Waals surface area contributed by atoms with Crippen molar-refractivity contribution in [1.82, 2.24) is 25.0 Å². The number of carbonyl (C=O) groups excluding carboxylic acids is 2. The zero-order chi connectivity index (χ0) is 17.5. The van der Waals surface area contributed by atoms with Crippen LogP contribution in [0.25, 0.3) is 0 Å². The number of carbonyl (C=O) groups is 2. The van der Waals surface area contributed by atoms with Gasteiger partial charge in [0, 0.05) is 51.0 Å². The van der Waals surface area contributed by atoms with Crippen molar-refractivity contribution in [3.8, 4) is 0 Å². The molecule has 0 spiro atoms. The summed E-state index contributed by atoms with van der Waals surface area (Å²) >= 11 is 0. The second-order valence-corrected chi connectivity index (χ2v) is 6.22. The number of amides is 2. The van der Waals surface area contributed by atoms with Crippen LogP contribution in [0.2, 0.25) is 0 Å². The van der Waals surface area contributed by atoms with Gasteiger partial charge in [-0.2, -0.15) is 0 Å². The van der Waals surface area contributed by atoms with Crippen LogP contribution in [0.5, 0.6) is 0 Å². The SMILES string of the molecule is CCN1CCN(C(=O)c2ccnc(C(=O)NCCN(C)C)c2)CC1. The minimum absolute atomic E-state index is 0.0319. The molecule has 2 amide bonds. The average molecular weight is 333 g/mol. The largest absolute Gasteiger partial charge is 0.349 e. The fraction of sp³-hybridized carbons (Fsp3) is 0.588. The van der Waals surface area contributed by atoms with E-state index < -0.39 is 0 Å². The van der Waals surface area contributed by atoms with Crippen LogP contribution in [0.1, 0.15) is 27.8 Å². The molecule has 0 radical (unpaired) electrons. The van der Waals surface area contributed by atoms with Gasteiger partial charge in [-0.15, -0.1) is 0 Å². The van der Waals surface area contributed by atoms with E-state index in [4.69, 9.17) is 0 Å². The number of nitrogens with one attached hydrogen (secondary N) is 1. The Morgan fingerprint density at radius 2 is 1.96 bits per heavy atom. The Kier molecular flexibility index (Phi) is 6.69.